The third kappa shape index (κ3) is 5.00. The van der Waals surface area contributed by atoms with Gasteiger partial charge in [-0.2, -0.15) is 0 Å². The molecular formula is C52H32N3O2PS. The molecule has 2 unspecified atom stereocenters. The molecule has 0 aliphatic carbocycles. The number of pyridine rings is 3. The minimum Gasteiger partial charge on any atom is -0.456 e. The fourth-order valence-corrected chi connectivity index (χ4v) is 13.8. The first kappa shape index (κ1) is 34.2. The van der Waals surface area contributed by atoms with Crippen LogP contribution in [0.15, 0.2) is 209 Å². The van der Waals surface area contributed by atoms with Crippen LogP contribution in [0, 0.1) is 0 Å². The molecule has 1 spiro atoms. The van der Waals surface area contributed by atoms with Gasteiger partial charge in [0.05, 0.1) is 28.2 Å². The normalized spacial score (nSPS) is 17.6. The zero-order chi connectivity index (χ0) is 39.1. The summed E-state index contributed by atoms with van der Waals surface area (Å²) in [5.74, 6) is 0. The van der Waals surface area contributed by atoms with Crippen molar-refractivity contribution in [3.63, 3.8) is 0 Å². The lowest BCUT2D eigenvalue weighted by molar-refractivity contribution is 0.589. The molecule has 0 bridgehead atoms. The molecule has 2 aliphatic rings. The summed E-state index contributed by atoms with van der Waals surface area (Å²) in [4.78, 5) is 16.9. The molecule has 2 atom stereocenters. The summed E-state index contributed by atoms with van der Waals surface area (Å²) in [5, 5.41) is 4.48. The highest BCUT2D eigenvalue weighted by Gasteiger charge is 2.54. The Morgan fingerprint density at radius 1 is 0.458 bits per heavy atom. The van der Waals surface area contributed by atoms with Gasteiger partial charge < -0.3 is 8.98 Å². The number of benzene rings is 6. The van der Waals surface area contributed by atoms with Gasteiger partial charge in [-0.15, -0.1) is 0 Å². The largest absolute Gasteiger partial charge is 0.456 e. The lowest BCUT2D eigenvalue weighted by Gasteiger charge is -2.47. The quantitative estimate of drug-likeness (QED) is 0.165. The van der Waals surface area contributed by atoms with Crippen LogP contribution in [0.4, 0.5) is 0 Å². The fraction of sp³-hybridized carbons (Fsp3) is 0.0192. The monoisotopic (exact) mass is 793 g/mol. The Bertz CT molecular complexity index is 3290. The predicted octanol–water partition coefficient (Wildman–Crippen LogP) is 11.6. The molecule has 6 heterocycles. The number of nitrogens with zero attached hydrogens (tertiary/aromatic N) is 3. The zero-order valence-electron chi connectivity index (χ0n) is 31.5. The molecule has 2 aliphatic heterocycles. The maximum atomic E-state index is 16.5. The van der Waals surface area contributed by atoms with Crippen LogP contribution in [0.3, 0.4) is 0 Å². The van der Waals surface area contributed by atoms with E-state index in [0.717, 1.165) is 104 Å². The first-order valence-electron chi connectivity index (χ1n) is 19.6. The van der Waals surface area contributed by atoms with Crippen molar-refractivity contribution in [2.45, 2.75) is 15.2 Å². The van der Waals surface area contributed by atoms with Crippen LogP contribution in [0.25, 0.3) is 55.8 Å². The number of fused-ring (bicyclic) bond motifs is 11. The first-order chi connectivity index (χ1) is 29.1. The fourth-order valence-electron chi connectivity index (χ4n) is 9.37. The van der Waals surface area contributed by atoms with E-state index in [2.05, 4.69) is 102 Å². The van der Waals surface area contributed by atoms with E-state index in [1.54, 1.807) is 18.0 Å². The first-order valence-corrected chi connectivity index (χ1v) is 22.1. The van der Waals surface area contributed by atoms with Gasteiger partial charge in [-0.3, -0.25) is 9.97 Å². The summed E-state index contributed by atoms with van der Waals surface area (Å²) in [6.07, 6.45) is 3.62. The number of hydrogen-bond donors (Lipinski definition) is 0. The molecule has 0 N–H and O–H groups in total. The lowest BCUT2D eigenvalue weighted by atomic mass is 9.64. The molecule has 5 nitrogen and oxygen atoms in total. The maximum absolute atomic E-state index is 16.5. The van der Waals surface area contributed by atoms with E-state index in [1.807, 2.05) is 91.1 Å². The predicted molar refractivity (Wildman–Crippen MR) is 239 cm³/mol. The van der Waals surface area contributed by atoms with Crippen LogP contribution in [-0.2, 0) is 9.98 Å². The second-order valence-electron chi connectivity index (χ2n) is 15.0. The number of aromatic nitrogens is 3. The number of rotatable bonds is 4. The van der Waals surface area contributed by atoms with Gasteiger partial charge >= 0.3 is 0 Å². The summed E-state index contributed by atoms with van der Waals surface area (Å²) in [7, 11) is -3.43. The summed E-state index contributed by atoms with van der Waals surface area (Å²) in [5.41, 5.74) is 10.3. The summed E-state index contributed by atoms with van der Waals surface area (Å²) >= 11 is 1.77. The number of para-hydroxylation sites is 1. The second kappa shape index (κ2) is 13.1. The van der Waals surface area contributed by atoms with Crippen molar-refractivity contribution in [1.82, 2.24) is 15.0 Å². The van der Waals surface area contributed by atoms with Crippen LogP contribution in [0.2, 0.25) is 0 Å². The van der Waals surface area contributed by atoms with Crippen molar-refractivity contribution >= 4 is 56.8 Å². The molecule has 59 heavy (non-hydrogen) atoms. The van der Waals surface area contributed by atoms with Crippen molar-refractivity contribution in [3.8, 4) is 33.9 Å². The van der Waals surface area contributed by atoms with E-state index < -0.39 is 12.6 Å². The highest BCUT2D eigenvalue weighted by molar-refractivity contribution is 7.99. The topological polar surface area (TPSA) is 68.9 Å². The molecular weight excluding hydrogens is 762 g/mol. The Kier molecular flexibility index (Phi) is 7.59. The van der Waals surface area contributed by atoms with Gasteiger partial charge in [-0.1, -0.05) is 127 Å². The van der Waals surface area contributed by atoms with Gasteiger partial charge in [-0.05, 0) is 89.0 Å². The van der Waals surface area contributed by atoms with Crippen LogP contribution >= 0.6 is 18.9 Å². The van der Waals surface area contributed by atoms with Crippen molar-refractivity contribution < 1.29 is 8.98 Å². The molecule has 12 rings (SSSR count). The summed E-state index contributed by atoms with van der Waals surface area (Å²) in [6, 6.07) is 62.4. The van der Waals surface area contributed by atoms with Crippen LogP contribution in [-0.4, -0.2) is 15.0 Å². The Balaban J connectivity index is 1.17. The molecule has 4 aromatic heterocycles. The van der Waals surface area contributed by atoms with E-state index in [9.17, 15) is 0 Å². The van der Waals surface area contributed by atoms with Gasteiger partial charge in [-0.25, -0.2) is 4.98 Å². The average molecular weight is 794 g/mol. The minimum atomic E-state index is -3.43. The van der Waals surface area contributed by atoms with E-state index >= 15 is 4.57 Å². The highest BCUT2D eigenvalue weighted by atomic mass is 32.2. The van der Waals surface area contributed by atoms with E-state index in [0.29, 0.717) is 0 Å². The summed E-state index contributed by atoms with van der Waals surface area (Å²) < 4.78 is 23.0. The molecule has 278 valence electrons. The SMILES string of the molecule is O=P1(c2ccccc2)c2ccccc2C2(c3ccccc3Sc3cc(-c4cc(-c5ccccn5)cc(-c5ccccn5)n4)ccc32)c2cc3c(cc21)oc1ccccc13. The van der Waals surface area contributed by atoms with Crippen molar-refractivity contribution in [2.24, 2.45) is 0 Å². The van der Waals surface area contributed by atoms with E-state index in [1.165, 1.54) is 0 Å². The zero-order valence-corrected chi connectivity index (χ0v) is 33.2. The molecule has 0 fully saturated rings. The van der Waals surface area contributed by atoms with Crippen molar-refractivity contribution in [1.29, 1.82) is 0 Å². The Hall–Kier alpha value is -6.85. The second-order valence-corrected chi connectivity index (χ2v) is 18.8. The molecule has 0 saturated carbocycles. The Labute approximate surface area is 344 Å². The standard InChI is InChI=1S/C52H32N3O2PS/c56-58(35-14-2-1-3-15-35)48-22-8-5-17-38(48)52(41-31-37-36-16-4-7-21-46(36)57-47(37)32-49(41)58)39-18-6-9-23-50(39)59-51-30-33(24-25-40(51)52)44-28-34(42-19-10-12-26-53-42)29-45(55-44)43-20-11-13-27-54-43/h1-32H. The molecule has 0 amide bonds. The van der Waals surface area contributed by atoms with Gasteiger partial charge in [0.15, 0.2) is 7.14 Å². The lowest BCUT2D eigenvalue weighted by Crippen LogP contribution is -2.48. The van der Waals surface area contributed by atoms with Gasteiger partial charge in [0, 0.05) is 60.0 Å². The number of hydrogen-bond acceptors (Lipinski definition) is 6. The molecule has 0 radical (unpaired) electrons. The van der Waals surface area contributed by atoms with E-state index in [4.69, 9.17) is 14.4 Å². The van der Waals surface area contributed by atoms with Crippen LogP contribution in [0.1, 0.15) is 22.3 Å². The molecule has 10 aromatic rings. The van der Waals surface area contributed by atoms with E-state index in [-0.39, 0.29) is 0 Å². The van der Waals surface area contributed by atoms with Crippen molar-refractivity contribution in [2.75, 3.05) is 0 Å². The van der Waals surface area contributed by atoms with Crippen LogP contribution < -0.4 is 15.9 Å². The van der Waals surface area contributed by atoms with Gasteiger partial charge in [0.25, 0.3) is 0 Å². The summed E-state index contributed by atoms with van der Waals surface area (Å²) in [6.45, 7) is 0. The Morgan fingerprint density at radius 2 is 1.15 bits per heavy atom. The van der Waals surface area contributed by atoms with Gasteiger partial charge in [0.1, 0.15) is 11.2 Å². The molecule has 7 heteroatoms. The molecule has 0 saturated heterocycles. The van der Waals surface area contributed by atoms with Crippen molar-refractivity contribution in [3.05, 3.63) is 217 Å². The highest BCUT2D eigenvalue weighted by Crippen LogP contribution is 2.62. The Morgan fingerprint density at radius 3 is 1.98 bits per heavy atom. The maximum Gasteiger partial charge on any atom is 0.171 e. The third-order valence-corrected chi connectivity index (χ3v) is 16.2. The average Bonchev–Trinajstić information content (AvgIpc) is 3.68. The van der Waals surface area contributed by atoms with Crippen LogP contribution in [0.5, 0.6) is 0 Å². The smallest absolute Gasteiger partial charge is 0.171 e. The number of furan rings is 1. The third-order valence-electron chi connectivity index (χ3n) is 11.9. The molecule has 6 aromatic carbocycles. The minimum absolute atomic E-state index is 0.729. The van der Waals surface area contributed by atoms with Gasteiger partial charge in [0.2, 0.25) is 0 Å².